The highest BCUT2D eigenvalue weighted by Gasteiger charge is 2.27. The summed E-state index contributed by atoms with van der Waals surface area (Å²) in [5, 5.41) is 7.09. The van der Waals surface area contributed by atoms with E-state index in [0.29, 0.717) is 12.6 Å². The molecule has 2 atom stereocenters. The molecule has 0 saturated carbocycles. The number of anilines is 1. The predicted molar refractivity (Wildman–Crippen MR) is 121 cm³/mol. The van der Waals surface area contributed by atoms with Gasteiger partial charge in [0.15, 0.2) is 5.96 Å². The van der Waals surface area contributed by atoms with Gasteiger partial charge in [0.25, 0.3) is 0 Å². The van der Waals surface area contributed by atoms with Crippen LogP contribution in [-0.4, -0.2) is 68.1 Å². The number of aliphatic imine (C=N–C) groups is 1. The minimum atomic E-state index is -0.0324. The van der Waals surface area contributed by atoms with Gasteiger partial charge in [0.05, 0.1) is 12.6 Å². The summed E-state index contributed by atoms with van der Waals surface area (Å²) in [5.41, 5.74) is 1.11. The van der Waals surface area contributed by atoms with Crippen molar-refractivity contribution in [3.63, 3.8) is 0 Å². The third-order valence-electron chi connectivity index (χ3n) is 5.64. The molecule has 2 aromatic rings. The van der Waals surface area contributed by atoms with Crippen LogP contribution in [0.2, 0.25) is 0 Å². The number of nitrogens with one attached hydrogen (secondary N) is 2. The first kappa shape index (κ1) is 21.0. The normalized spacial score (nSPS) is 20.6. The van der Waals surface area contributed by atoms with Crippen molar-refractivity contribution < 1.29 is 9.53 Å². The number of amides is 1. The van der Waals surface area contributed by atoms with Crippen molar-refractivity contribution in [1.82, 2.24) is 20.5 Å². The lowest BCUT2D eigenvalue weighted by Gasteiger charge is -2.29. The van der Waals surface area contributed by atoms with E-state index in [4.69, 9.17) is 4.74 Å². The number of rotatable bonds is 5. The Hall–Kier alpha value is -3.29. The van der Waals surface area contributed by atoms with Crippen molar-refractivity contribution in [1.29, 1.82) is 0 Å². The van der Waals surface area contributed by atoms with Crippen LogP contribution in [0.15, 0.2) is 53.7 Å². The smallest absolute Gasteiger partial charge is 0.243 e. The fraction of sp³-hybridized carbons (Fsp3) is 0.435. The van der Waals surface area contributed by atoms with Gasteiger partial charge in [-0.3, -0.25) is 4.79 Å². The number of benzene rings is 1. The number of carbonyl (C=O) groups excluding carboxylic acids is 1. The van der Waals surface area contributed by atoms with Gasteiger partial charge in [0, 0.05) is 51.4 Å². The Bertz CT molecular complexity index is 917. The zero-order valence-electron chi connectivity index (χ0n) is 18.1. The number of hydrogen-bond donors (Lipinski definition) is 2. The van der Waals surface area contributed by atoms with Gasteiger partial charge < -0.3 is 25.2 Å². The number of fused-ring (bicyclic) bond motifs is 1. The Labute approximate surface area is 183 Å². The summed E-state index contributed by atoms with van der Waals surface area (Å²) in [6, 6.07) is 14.3. The fourth-order valence-electron chi connectivity index (χ4n) is 3.90. The first-order valence-electron chi connectivity index (χ1n) is 10.8. The minimum Gasteiger partial charge on any atom is -0.493 e. The van der Waals surface area contributed by atoms with Gasteiger partial charge in [-0.2, -0.15) is 0 Å². The highest BCUT2D eigenvalue weighted by atomic mass is 16.5. The molecule has 2 aliphatic rings. The molecule has 31 heavy (non-hydrogen) atoms. The van der Waals surface area contributed by atoms with Crippen LogP contribution in [0.5, 0.6) is 5.75 Å². The Balaban J connectivity index is 1.46. The van der Waals surface area contributed by atoms with Gasteiger partial charge in [0.1, 0.15) is 18.1 Å². The highest BCUT2D eigenvalue weighted by molar-refractivity contribution is 5.85. The van der Waals surface area contributed by atoms with Crippen LogP contribution in [0.25, 0.3) is 0 Å². The second kappa shape index (κ2) is 9.68. The van der Waals surface area contributed by atoms with E-state index in [9.17, 15) is 4.79 Å². The van der Waals surface area contributed by atoms with E-state index in [2.05, 4.69) is 31.6 Å². The number of guanidine groups is 1. The molecule has 1 saturated heterocycles. The van der Waals surface area contributed by atoms with Gasteiger partial charge in [-0.25, -0.2) is 9.98 Å². The SMILES string of the molecule is CN(C)C(=O)CN=C(NC1CCN(c2ccccn2)C1)NC1CCOc2ccccc21. The molecule has 3 heterocycles. The van der Waals surface area contributed by atoms with Gasteiger partial charge in [-0.05, 0) is 24.6 Å². The van der Waals surface area contributed by atoms with E-state index in [1.165, 1.54) is 0 Å². The average molecular weight is 423 g/mol. The molecule has 1 fully saturated rings. The molecule has 1 aromatic heterocycles. The Morgan fingerprint density at radius 2 is 2.03 bits per heavy atom. The largest absolute Gasteiger partial charge is 0.493 e. The van der Waals surface area contributed by atoms with E-state index >= 15 is 0 Å². The minimum absolute atomic E-state index is 0.0324. The van der Waals surface area contributed by atoms with Gasteiger partial charge >= 0.3 is 0 Å². The lowest BCUT2D eigenvalue weighted by atomic mass is 10.0. The van der Waals surface area contributed by atoms with Gasteiger partial charge in [-0.1, -0.05) is 24.3 Å². The summed E-state index contributed by atoms with van der Waals surface area (Å²) in [4.78, 5) is 25.0. The molecular weight excluding hydrogens is 392 g/mol. The first-order chi connectivity index (χ1) is 15.1. The second-order valence-corrected chi connectivity index (χ2v) is 8.09. The zero-order valence-corrected chi connectivity index (χ0v) is 18.1. The molecule has 164 valence electrons. The summed E-state index contributed by atoms with van der Waals surface area (Å²) in [6.07, 6.45) is 3.63. The molecular formula is C23H30N6O2. The molecule has 0 radical (unpaired) electrons. The highest BCUT2D eigenvalue weighted by Crippen LogP contribution is 2.31. The van der Waals surface area contributed by atoms with Crippen LogP contribution in [0.1, 0.15) is 24.4 Å². The molecule has 8 heteroatoms. The predicted octanol–water partition coefficient (Wildman–Crippen LogP) is 1.81. The molecule has 1 amide bonds. The molecule has 2 N–H and O–H groups in total. The van der Waals surface area contributed by atoms with Crippen molar-refractivity contribution in [2.75, 3.05) is 45.2 Å². The number of para-hydroxylation sites is 1. The van der Waals surface area contributed by atoms with Crippen LogP contribution in [0.4, 0.5) is 5.82 Å². The summed E-state index contributed by atoms with van der Waals surface area (Å²) in [5.74, 6) is 2.51. The lowest BCUT2D eigenvalue weighted by Crippen LogP contribution is -2.47. The fourth-order valence-corrected chi connectivity index (χ4v) is 3.90. The quantitative estimate of drug-likeness (QED) is 0.565. The van der Waals surface area contributed by atoms with Crippen molar-refractivity contribution >= 4 is 17.7 Å². The second-order valence-electron chi connectivity index (χ2n) is 8.09. The Morgan fingerprint density at radius 1 is 1.19 bits per heavy atom. The van der Waals surface area contributed by atoms with Crippen molar-refractivity contribution in [3.05, 3.63) is 54.2 Å². The Morgan fingerprint density at radius 3 is 2.84 bits per heavy atom. The van der Waals surface area contributed by atoms with Crippen molar-refractivity contribution in [2.24, 2.45) is 4.99 Å². The Kier molecular flexibility index (Phi) is 6.54. The maximum absolute atomic E-state index is 12.1. The molecule has 0 spiro atoms. The number of hydrogen-bond acceptors (Lipinski definition) is 5. The third-order valence-corrected chi connectivity index (χ3v) is 5.64. The van der Waals surface area contributed by atoms with Crippen LogP contribution < -0.4 is 20.3 Å². The van der Waals surface area contributed by atoms with Gasteiger partial charge in [-0.15, -0.1) is 0 Å². The first-order valence-corrected chi connectivity index (χ1v) is 10.8. The number of nitrogens with zero attached hydrogens (tertiary/aromatic N) is 4. The zero-order chi connectivity index (χ0) is 21.6. The number of pyridine rings is 1. The van der Waals surface area contributed by atoms with Crippen LogP contribution in [0.3, 0.4) is 0 Å². The van der Waals surface area contributed by atoms with Crippen LogP contribution in [-0.2, 0) is 4.79 Å². The number of aromatic nitrogens is 1. The van der Waals surface area contributed by atoms with E-state index in [1.54, 1.807) is 19.0 Å². The summed E-state index contributed by atoms with van der Waals surface area (Å²) in [6.45, 7) is 2.52. The van der Waals surface area contributed by atoms with Gasteiger partial charge in [0.2, 0.25) is 5.91 Å². The molecule has 0 aliphatic carbocycles. The summed E-state index contributed by atoms with van der Waals surface area (Å²) >= 11 is 0. The van der Waals surface area contributed by atoms with E-state index in [0.717, 1.165) is 43.1 Å². The number of ether oxygens (including phenoxy) is 1. The molecule has 0 bridgehead atoms. The molecule has 1 aromatic carbocycles. The van der Waals surface area contributed by atoms with E-state index in [1.807, 2.05) is 42.6 Å². The molecule has 2 aliphatic heterocycles. The standard InChI is InChI=1S/C23H30N6O2/c1-28(2)22(30)15-25-23(27-19-11-14-31-20-8-4-3-7-18(19)20)26-17-10-13-29(16-17)21-9-5-6-12-24-21/h3-9,12,17,19H,10-11,13-16H2,1-2H3,(H2,25,26,27). The molecule has 2 unspecified atom stereocenters. The molecule has 8 nitrogen and oxygen atoms in total. The monoisotopic (exact) mass is 422 g/mol. The van der Waals surface area contributed by atoms with E-state index < -0.39 is 0 Å². The van der Waals surface area contributed by atoms with E-state index in [-0.39, 0.29) is 24.5 Å². The maximum atomic E-state index is 12.1. The van der Waals surface area contributed by atoms with Crippen LogP contribution >= 0.6 is 0 Å². The maximum Gasteiger partial charge on any atom is 0.243 e. The van der Waals surface area contributed by atoms with Crippen LogP contribution in [0, 0.1) is 0 Å². The lowest BCUT2D eigenvalue weighted by molar-refractivity contribution is -0.127. The van der Waals surface area contributed by atoms with Crippen molar-refractivity contribution in [3.8, 4) is 5.75 Å². The molecule has 4 rings (SSSR count). The summed E-state index contributed by atoms with van der Waals surface area (Å²) < 4.78 is 5.79. The average Bonchev–Trinajstić information content (AvgIpc) is 3.26. The third kappa shape index (κ3) is 5.25. The van der Waals surface area contributed by atoms with Crippen molar-refractivity contribution in [2.45, 2.75) is 24.9 Å². The number of carbonyl (C=O) groups is 1. The summed E-state index contributed by atoms with van der Waals surface area (Å²) in [7, 11) is 3.49. The topological polar surface area (TPSA) is 82.1 Å². The number of likely N-dealkylation sites (N-methyl/N-ethyl adjacent to an activating group) is 1.